The molecule has 0 aliphatic carbocycles. The number of amides is 2. The fraction of sp³-hybridized carbons (Fsp3) is 0.300. The maximum atomic E-state index is 12.5. The van der Waals surface area contributed by atoms with E-state index in [0.29, 0.717) is 19.1 Å². The van der Waals surface area contributed by atoms with E-state index in [1.807, 2.05) is 53.4 Å². The van der Waals surface area contributed by atoms with Crippen LogP contribution in [0, 0.1) is 5.92 Å². The minimum Gasteiger partial charge on any atom is -0.487 e. The quantitative estimate of drug-likeness (QED) is 0.836. The molecule has 2 aromatic rings. The summed E-state index contributed by atoms with van der Waals surface area (Å²) in [5, 5.41) is 2.95. The van der Waals surface area contributed by atoms with Gasteiger partial charge in [-0.05, 0) is 42.3 Å². The van der Waals surface area contributed by atoms with Gasteiger partial charge in [-0.3, -0.25) is 4.98 Å². The minimum atomic E-state index is -0.0779. The predicted molar refractivity (Wildman–Crippen MR) is 98.5 cm³/mol. The number of nitrogens with one attached hydrogen (secondary N) is 1. The Morgan fingerprint density at radius 3 is 2.76 bits per heavy atom. The van der Waals surface area contributed by atoms with Gasteiger partial charge in [0.25, 0.3) is 0 Å². The van der Waals surface area contributed by atoms with Gasteiger partial charge in [-0.2, -0.15) is 0 Å². The highest BCUT2D eigenvalue weighted by molar-refractivity contribution is 5.90. The third-order valence-corrected chi connectivity index (χ3v) is 4.16. The van der Waals surface area contributed by atoms with Crippen LogP contribution in [0.25, 0.3) is 0 Å². The highest BCUT2D eigenvalue weighted by Gasteiger charge is 2.26. The number of pyridine rings is 1. The molecule has 0 bridgehead atoms. The Hall–Kier alpha value is -2.82. The van der Waals surface area contributed by atoms with E-state index in [1.54, 1.807) is 6.20 Å². The number of hydrogen-bond donors (Lipinski definition) is 1. The summed E-state index contributed by atoms with van der Waals surface area (Å²) in [5.74, 6) is 1.14. The van der Waals surface area contributed by atoms with Gasteiger partial charge in [0.1, 0.15) is 12.4 Å². The standard InChI is InChI=1S/C20H23N3O2/c1-15(2)19-7-5-13-23(19)20(24)22-16-8-10-18(11-9-16)25-14-17-6-3-4-12-21-17/h3-12,15,19H,13-14H2,1-2H3,(H,22,24). The van der Waals surface area contributed by atoms with Crippen LogP contribution < -0.4 is 10.1 Å². The summed E-state index contributed by atoms with van der Waals surface area (Å²) in [5.41, 5.74) is 1.63. The van der Waals surface area contributed by atoms with Crippen molar-refractivity contribution in [2.24, 2.45) is 5.92 Å². The lowest BCUT2D eigenvalue weighted by atomic mass is 10.1. The molecule has 0 spiro atoms. The molecule has 1 atom stereocenters. The van der Waals surface area contributed by atoms with Crippen LogP contribution >= 0.6 is 0 Å². The van der Waals surface area contributed by atoms with E-state index < -0.39 is 0 Å². The van der Waals surface area contributed by atoms with Crippen LogP contribution in [0.15, 0.2) is 60.8 Å². The zero-order chi connectivity index (χ0) is 17.6. The Bertz CT molecular complexity index is 726. The van der Waals surface area contributed by atoms with Gasteiger partial charge in [0.15, 0.2) is 0 Å². The van der Waals surface area contributed by atoms with E-state index >= 15 is 0 Å². The average molecular weight is 337 g/mol. The summed E-state index contributed by atoms with van der Waals surface area (Å²) in [6.45, 7) is 5.31. The maximum absolute atomic E-state index is 12.5. The molecule has 2 heterocycles. The van der Waals surface area contributed by atoms with E-state index in [0.717, 1.165) is 17.1 Å². The van der Waals surface area contributed by atoms with Crippen molar-refractivity contribution in [2.75, 3.05) is 11.9 Å². The Labute approximate surface area is 148 Å². The van der Waals surface area contributed by atoms with Gasteiger partial charge in [0, 0.05) is 18.4 Å². The van der Waals surface area contributed by atoms with Crippen molar-refractivity contribution in [2.45, 2.75) is 26.5 Å². The molecule has 130 valence electrons. The second-order valence-electron chi connectivity index (χ2n) is 6.38. The number of hydrogen-bond acceptors (Lipinski definition) is 3. The number of nitrogens with zero attached hydrogens (tertiary/aromatic N) is 2. The van der Waals surface area contributed by atoms with Crippen LogP contribution in [0.5, 0.6) is 5.75 Å². The van der Waals surface area contributed by atoms with E-state index in [2.05, 4.69) is 30.2 Å². The summed E-state index contributed by atoms with van der Waals surface area (Å²) >= 11 is 0. The number of benzene rings is 1. The van der Waals surface area contributed by atoms with Crippen LogP contribution in [-0.2, 0) is 6.61 Å². The van der Waals surface area contributed by atoms with Crippen molar-refractivity contribution < 1.29 is 9.53 Å². The average Bonchev–Trinajstić information content (AvgIpc) is 3.12. The SMILES string of the molecule is CC(C)C1C=CCN1C(=O)Nc1ccc(OCc2ccccn2)cc1. The summed E-state index contributed by atoms with van der Waals surface area (Å²) in [4.78, 5) is 18.5. The largest absolute Gasteiger partial charge is 0.487 e. The second-order valence-corrected chi connectivity index (χ2v) is 6.38. The van der Waals surface area contributed by atoms with Crippen LogP contribution in [0.2, 0.25) is 0 Å². The van der Waals surface area contributed by atoms with Gasteiger partial charge in [-0.15, -0.1) is 0 Å². The third-order valence-electron chi connectivity index (χ3n) is 4.16. The predicted octanol–water partition coefficient (Wildman–Crippen LogP) is 4.09. The molecule has 0 saturated heterocycles. The van der Waals surface area contributed by atoms with Gasteiger partial charge in [-0.25, -0.2) is 4.79 Å². The normalized spacial score (nSPS) is 16.3. The Balaban J connectivity index is 1.54. The van der Waals surface area contributed by atoms with Gasteiger partial charge in [0.05, 0.1) is 11.7 Å². The molecule has 0 radical (unpaired) electrons. The molecule has 1 aliphatic rings. The molecule has 1 unspecified atom stereocenters. The van der Waals surface area contributed by atoms with E-state index in [9.17, 15) is 4.79 Å². The molecule has 3 rings (SSSR count). The van der Waals surface area contributed by atoms with Gasteiger partial charge < -0.3 is 15.0 Å². The Morgan fingerprint density at radius 2 is 2.08 bits per heavy atom. The summed E-state index contributed by atoms with van der Waals surface area (Å²) in [6.07, 6.45) is 5.88. The monoisotopic (exact) mass is 337 g/mol. The number of rotatable bonds is 5. The van der Waals surface area contributed by atoms with E-state index in [-0.39, 0.29) is 12.1 Å². The summed E-state index contributed by atoms with van der Waals surface area (Å²) < 4.78 is 5.70. The van der Waals surface area contributed by atoms with Crippen LogP contribution in [0.4, 0.5) is 10.5 Å². The molecule has 0 saturated carbocycles. The number of anilines is 1. The molecule has 5 heteroatoms. The van der Waals surface area contributed by atoms with Crippen molar-refractivity contribution in [3.63, 3.8) is 0 Å². The smallest absolute Gasteiger partial charge is 0.322 e. The first-order valence-corrected chi connectivity index (χ1v) is 8.50. The molecule has 5 nitrogen and oxygen atoms in total. The second kappa shape index (κ2) is 7.83. The molecule has 25 heavy (non-hydrogen) atoms. The zero-order valence-electron chi connectivity index (χ0n) is 14.6. The summed E-state index contributed by atoms with van der Waals surface area (Å²) in [6, 6.07) is 13.2. The fourth-order valence-corrected chi connectivity index (χ4v) is 2.81. The highest BCUT2D eigenvalue weighted by atomic mass is 16.5. The lowest BCUT2D eigenvalue weighted by molar-refractivity contribution is 0.199. The molecular formula is C20H23N3O2. The fourth-order valence-electron chi connectivity index (χ4n) is 2.81. The number of urea groups is 1. The van der Waals surface area contributed by atoms with E-state index in [4.69, 9.17) is 4.74 Å². The van der Waals surface area contributed by atoms with Gasteiger partial charge >= 0.3 is 6.03 Å². The lowest BCUT2D eigenvalue weighted by Gasteiger charge is -2.27. The van der Waals surface area contributed by atoms with Crippen LogP contribution in [0.1, 0.15) is 19.5 Å². The van der Waals surface area contributed by atoms with Gasteiger partial charge in [-0.1, -0.05) is 32.1 Å². The van der Waals surface area contributed by atoms with Crippen LogP contribution in [0.3, 0.4) is 0 Å². The number of carbonyl (C=O) groups is 1. The zero-order valence-corrected chi connectivity index (χ0v) is 14.6. The first kappa shape index (κ1) is 17.0. The number of carbonyl (C=O) groups excluding carboxylic acids is 1. The first-order valence-electron chi connectivity index (χ1n) is 8.50. The molecule has 2 amide bonds. The minimum absolute atomic E-state index is 0.0779. The molecule has 1 N–H and O–H groups in total. The highest BCUT2D eigenvalue weighted by Crippen LogP contribution is 2.21. The molecule has 1 aliphatic heterocycles. The van der Waals surface area contributed by atoms with E-state index in [1.165, 1.54) is 0 Å². The lowest BCUT2D eigenvalue weighted by Crippen LogP contribution is -2.41. The van der Waals surface area contributed by atoms with Crippen molar-refractivity contribution in [1.82, 2.24) is 9.88 Å². The third kappa shape index (κ3) is 4.38. The number of ether oxygens (including phenoxy) is 1. The molecule has 1 aromatic carbocycles. The topological polar surface area (TPSA) is 54.5 Å². The van der Waals surface area contributed by atoms with Crippen LogP contribution in [-0.4, -0.2) is 28.5 Å². The summed E-state index contributed by atoms with van der Waals surface area (Å²) in [7, 11) is 0. The van der Waals surface area contributed by atoms with Crippen molar-refractivity contribution in [3.05, 3.63) is 66.5 Å². The Kier molecular flexibility index (Phi) is 5.33. The van der Waals surface area contributed by atoms with Crippen molar-refractivity contribution in [3.8, 4) is 5.75 Å². The Morgan fingerprint density at radius 1 is 1.28 bits per heavy atom. The first-order chi connectivity index (χ1) is 12.1. The van der Waals surface area contributed by atoms with Gasteiger partial charge in [0.2, 0.25) is 0 Å². The molecule has 0 fully saturated rings. The molecular weight excluding hydrogens is 314 g/mol. The number of aromatic nitrogens is 1. The van der Waals surface area contributed by atoms with Crippen molar-refractivity contribution in [1.29, 1.82) is 0 Å². The van der Waals surface area contributed by atoms with Crippen molar-refractivity contribution >= 4 is 11.7 Å². The molecule has 1 aromatic heterocycles. The maximum Gasteiger partial charge on any atom is 0.322 e.